The summed E-state index contributed by atoms with van der Waals surface area (Å²) in [6.07, 6.45) is 3.27. The van der Waals surface area contributed by atoms with Gasteiger partial charge in [-0.2, -0.15) is 0 Å². The number of carboxylic acid groups (broad SMARTS) is 2. The van der Waals surface area contributed by atoms with E-state index in [0.717, 1.165) is 90.1 Å². The number of aliphatic hydroxyl groups is 5. The van der Waals surface area contributed by atoms with Gasteiger partial charge >= 0.3 is 29.8 Å². The molecule has 7 aliphatic rings. The molecule has 0 radical (unpaired) electrons. The number of β-amino-alcohol motifs (C(OH)–C–C–N with tert-alkyl or cyclic N) is 5. The number of nitrogens with one attached hydrogen (secondary N) is 3. The third kappa shape index (κ3) is 29.3. The topological polar surface area (TPSA) is 304 Å². The van der Waals surface area contributed by atoms with Crippen molar-refractivity contribution in [1.29, 1.82) is 0 Å². The third-order valence-corrected chi connectivity index (χ3v) is 17.0. The van der Waals surface area contributed by atoms with Crippen molar-refractivity contribution in [3.8, 4) is 0 Å². The Morgan fingerprint density at radius 3 is 1.12 bits per heavy atom. The van der Waals surface area contributed by atoms with Crippen LogP contribution in [0.3, 0.4) is 0 Å². The van der Waals surface area contributed by atoms with E-state index in [-0.39, 0.29) is 66.7 Å². The van der Waals surface area contributed by atoms with E-state index in [1.165, 1.54) is 38.0 Å². The van der Waals surface area contributed by atoms with Gasteiger partial charge in [-0.1, -0.05) is 149 Å². The van der Waals surface area contributed by atoms with Gasteiger partial charge in [-0.05, 0) is 78.2 Å². The van der Waals surface area contributed by atoms with Crippen molar-refractivity contribution in [2.75, 3.05) is 80.2 Å². The molecule has 0 spiro atoms. The Bertz CT molecular complexity index is 2660. The van der Waals surface area contributed by atoms with Gasteiger partial charge in [0.05, 0.1) is 51.8 Å². The van der Waals surface area contributed by atoms with Gasteiger partial charge in [-0.15, -0.1) is 12.4 Å². The van der Waals surface area contributed by atoms with E-state index >= 15 is 0 Å². The second-order valence-corrected chi connectivity index (χ2v) is 25.6. The molecule has 7 heterocycles. The maximum absolute atomic E-state index is 11.7. The maximum atomic E-state index is 11.7. The summed E-state index contributed by atoms with van der Waals surface area (Å²) in [6, 6.07) is 39.1. The molecule has 14 atom stereocenters. The molecule has 0 saturated carbocycles. The minimum atomic E-state index is -0.883. The predicted octanol–water partition coefficient (Wildman–Crippen LogP) is 4.81. The fraction of sp³-hybridized carbons (Fsp3) is 0.586. The molecule has 23 heteroatoms. The zero-order chi connectivity index (χ0) is 67.1. The van der Waals surface area contributed by atoms with Crippen molar-refractivity contribution in [2.45, 2.75) is 160 Å². The average molecular weight is 1320 g/mol. The molecule has 7 saturated heterocycles. The van der Waals surface area contributed by atoms with Crippen molar-refractivity contribution in [1.82, 2.24) is 35.6 Å². The number of rotatable bonds is 13. The number of aliphatic carboxylic acids is 2. The highest BCUT2D eigenvalue weighted by atomic mass is 35.5. The van der Waals surface area contributed by atoms with Crippen molar-refractivity contribution < 1.29 is 73.9 Å². The molecule has 0 aliphatic carbocycles. The number of carbonyl (C=O) groups is 5. The molecule has 7 fully saturated rings. The fourth-order valence-electron chi connectivity index (χ4n) is 12.6. The number of ether oxygens (including phenoxy) is 3. The van der Waals surface area contributed by atoms with Crippen LogP contribution < -0.4 is 16.0 Å². The molecule has 0 amide bonds. The van der Waals surface area contributed by atoms with Crippen LogP contribution in [-0.2, 0) is 64.4 Å². The molecule has 93 heavy (non-hydrogen) atoms. The molecular weight excluding hydrogens is 1210 g/mol. The summed E-state index contributed by atoms with van der Waals surface area (Å²) in [4.78, 5) is 63.9. The summed E-state index contributed by atoms with van der Waals surface area (Å²) >= 11 is 0. The first kappa shape index (κ1) is 79.5. The molecule has 4 aromatic rings. The quantitative estimate of drug-likeness (QED) is 0.0634. The summed E-state index contributed by atoms with van der Waals surface area (Å²) in [5, 5.41) is 72.3. The van der Waals surface area contributed by atoms with E-state index in [1.807, 2.05) is 89.8 Å². The molecule has 0 unspecified atom stereocenters. The number of halogens is 1. The predicted molar refractivity (Wildman–Crippen MR) is 358 cm³/mol. The second kappa shape index (κ2) is 42.5. The average Bonchev–Trinajstić information content (AvgIpc) is 3.19. The minimum absolute atomic E-state index is 0. The van der Waals surface area contributed by atoms with Gasteiger partial charge in [0.15, 0.2) is 0 Å². The summed E-state index contributed by atoms with van der Waals surface area (Å²) in [5.74, 6) is 0.0509. The van der Waals surface area contributed by atoms with E-state index in [2.05, 4.69) is 99.5 Å². The fourth-order valence-corrected chi connectivity index (χ4v) is 12.6. The molecule has 22 nitrogen and oxygen atoms in total. The number of benzene rings is 4. The van der Waals surface area contributed by atoms with Gasteiger partial charge in [0.1, 0.15) is 30.2 Å². The lowest BCUT2D eigenvalue weighted by Crippen LogP contribution is -2.41. The van der Waals surface area contributed by atoms with Crippen LogP contribution in [0.1, 0.15) is 94.9 Å². The normalized spacial score (nSPS) is 28.3. The first-order valence-electron chi connectivity index (χ1n) is 32.4. The highest BCUT2D eigenvalue weighted by molar-refractivity contribution is 5.85. The number of nitrogens with zero attached hydrogens (tertiary/aromatic N) is 4. The Morgan fingerprint density at radius 2 is 0.753 bits per heavy atom. The maximum Gasteiger partial charge on any atom is 0.323 e. The van der Waals surface area contributed by atoms with Crippen LogP contribution in [0.15, 0.2) is 121 Å². The van der Waals surface area contributed by atoms with Gasteiger partial charge in [0.25, 0.3) is 0 Å². The number of carboxylic acids is 2. The van der Waals surface area contributed by atoms with E-state index in [9.17, 15) is 34.2 Å². The zero-order valence-corrected chi connectivity index (χ0v) is 56.2. The molecule has 7 aliphatic heterocycles. The lowest BCUT2D eigenvalue weighted by atomic mass is 9.97. The van der Waals surface area contributed by atoms with Crippen molar-refractivity contribution in [2.24, 2.45) is 23.7 Å². The van der Waals surface area contributed by atoms with Gasteiger partial charge in [0.2, 0.25) is 0 Å². The summed E-state index contributed by atoms with van der Waals surface area (Å²) in [6.45, 7) is 18.9. The summed E-state index contributed by atoms with van der Waals surface area (Å²) < 4.78 is 14.1. The number of likely N-dealkylation sites (tertiary alicyclic amines) is 4. The second-order valence-electron chi connectivity index (χ2n) is 25.6. The van der Waals surface area contributed by atoms with Gasteiger partial charge in [-0.25, -0.2) is 0 Å². The third-order valence-electron chi connectivity index (χ3n) is 17.0. The van der Waals surface area contributed by atoms with Crippen LogP contribution in [0.5, 0.6) is 0 Å². The van der Waals surface area contributed by atoms with Gasteiger partial charge < -0.3 is 65.9 Å². The van der Waals surface area contributed by atoms with Crippen LogP contribution in [-0.4, -0.2) is 226 Å². The Balaban J connectivity index is 0.000000234. The number of carbonyl (C=O) groups excluding carboxylic acids is 3. The first-order chi connectivity index (χ1) is 44.0. The molecule has 4 aromatic carbocycles. The molecular formula is C70H106ClN7O15. The minimum Gasteiger partial charge on any atom is -0.480 e. The Hall–Kier alpha value is -5.96. The molecule has 10 N–H and O–H groups in total. The molecule has 11 rings (SSSR count). The van der Waals surface area contributed by atoms with E-state index in [4.69, 9.17) is 35.0 Å². The SMILES string of the molecule is COC(=O)[C@H]1C[C@@H](C)CN1Cc1ccccc1.COC(=O)[C@H]1C[C@@H](O)CN1.COC(=O)[C@H]1C[C@@H](O)CN1Cc1ccccc1.C[C@@H]1C[C@H](C(=O)O)N(Cc2ccccc2)C1.C[C@@H]1C[C@H](O)CN(Cc2ccccc2)C1.C[C@H]1CNC[C@@H](O)C1.Cl.O=C(O)[C@H]1C[C@@H](O)CN1. The van der Waals surface area contributed by atoms with Crippen LogP contribution in [0.25, 0.3) is 0 Å². The lowest BCUT2D eigenvalue weighted by Gasteiger charge is -2.34. The zero-order valence-electron chi connectivity index (χ0n) is 55.4. The van der Waals surface area contributed by atoms with Crippen molar-refractivity contribution >= 4 is 42.3 Å². The Morgan fingerprint density at radius 1 is 0.387 bits per heavy atom. The number of esters is 3. The van der Waals surface area contributed by atoms with Gasteiger partial charge in [0, 0.05) is 97.8 Å². The van der Waals surface area contributed by atoms with Crippen molar-refractivity contribution in [3.63, 3.8) is 0 Å². The molecule has 518 valence electrons. The monoisotopic (exact) mass is 1320 g/mol. The summed E-state index contributed by atoms with van der Waals surface area (Å²) in [5.41, 5.74) is 4.90. The smallest absolute Gasteiger partial charge is 0.323 e. The standard InChI is InChI=1S/C14H19NO2.C13H17NO3.C13H17NO2.C13H19NO.C6H11NO3.C6H13NO.C5H9NO3.ClH/c1-11-8-13(14(16)17-2)15(9-11)10-12-6-4-3-5-7-12;1-17-13(16)12-7-11(15)9-14(12)8-10-5-3-2-4-6-10;1-10-7-12(13(15)16)14(8-10)9-11-5-3-2-4-6-11;1-11-7-13(15)10-14(8-11)9-12-5-3-2-4-6-12;1-10-6(9)5-2-4(8)3-7-5;1-5-2-6(8)4-7-3-5;7-3-1-4(5(8)9)6-2-3;/h3-7,11,13H,8-10H2,1-2H3;2-6,11-12,15H,7-9H2,1H3;2-6,10,12H,7-9H2,1H3,(H,15,16);2-6,11,13,15H,7-10H2,1H3;4-5,7-8H,2-3H2,1H3;5-8H,2-4H2,1H3;3-4,6-7H,1-2H2,(H,8,9);1H/t11-,13-;11-,12-;10-,12-;11-,13+;4-,5-;5-,6+;3-,4-;/m1111111./s1. The number of aliphatic hydroxyl groups excluding tert-OH is 5. The van der Waals surface area contributed by atoms with Crippen LogP contribution >= 0.6 is 12.4 Å². The Labute approximate surface area is 556 Å². The summed E-state index contributed by atoms with van der Waals surface area (Å²) in [7, 11) is 4.19. The van der Waals surface area contributed by atoms with Crippen molar-refractivity contribution in [3.05, 3.63) is 144 Å². The number of methoxy groups -OCH3 is 3. The van der Waals surface area contributed by atoms with E-state index in [0.29, 0.717) is 69.1 Å². The van der Waals surface area contributed by atoms with Crippen LogP contribution in [0, 0.1) is 23.7 Å². The van der Waals surface area contributed by atoms with Gasteiger partial charge in [-0.3, -0.25) is 43.6 Å². The van der Waals surface area contributed by atoms with Crippen LogP contribution in [0.4, 0.5) is 0 Å². The molecule has 0 aromatic heterocycles. The highest BCUT2D eigenvalue weighted by Gasteiger charge is 2.38. The highest BCUT2D eigenvalue weighted by Crippen LogP contribution is 2.27. The van der Waals surface area contributed by atoms with E-state index < -0.39 is 36.3 Å². The largest absolute Gasteiger partial charge is 0.480 e. The number of piperidine rings is 2. The number of hydrogen-bond acceptors (Lipinski definition) is 20. The lowest BCUT2D eigenvalue weighted by molar-refractivity contribution is -0.146. The van der Waals surface area contributed by atoms with Crippen LogP contribution in [0.2, 0.25) is 0 Å². The first-order valence-corrected chi connectivity index (χ1v) is 32.4. The Kier molecular flexibility index (Phi) is 36.3. The number of hydrogen-bond donors (Lipinski definition) is 10. The van der Waals surface area contributed by atoms with E-state index in [1.54, 1.807) is 0 Å². The molecule has 0 bridgehead atoms.